The number of aromatic nitrogens is 5. The Bertz CT molecular complexity index is 951. The van der Waals surface area contributed by atoms with Gasteiger partial charge in [0.2, 0.25) is 5.91 Å². The fourth-order valence-corrected chi connectivity index (χ4v) is 3.45. The van der Waals surface area contributed by atoms with Crippen LogP contribution in [0.25, 0.3) is 11.2 Å². The first kappa shape index (κ1) is 16.8. The van der Waals surface area contributed by atoms with Crippen LogP contribution in [0.3, 0.4) is 0 Å². The van der Waals surface area contributed by atoms with E-state index in [9.17, 15) is 4.79 Å². The summed E-state index contributed by atoms with van der Waals surface area (Å²) in [5, 5.41) is 11.3. The van der Waals surface area contributed by atoms with Gasteiger partial charge in [-0.15, -0.1) is 16.9 Å². The Morgan fingerprint density at radius 2 is 2.19 bits per heavy atom. The smallest absolute Gasteiger partial charge is 0.231 e. The van der Waals surface area contributed by atoms with Crippen LogP contribution in [0.2, 0.25) is 0 Å². The van der Waals surface area contributed by atoms with E-state index >= 15 is 0 Å². The largest absolute Gasteiger partial charge is 0.353 e. The summed E-state index contributed by atoms with van der Waals surface area (Å²) in [5.41, 5.74) is 2.23. The molecule has 26 heavy (non-hydrogen) atoms. The van der Waals surface area contributed by atoms with Crippen molar-refractivity contribution in [3.8, 4) is 0 Å². The van der Waals surface area contributed by atoms with Crippen molar-refractivity contribution in [2.45, 2.75) is 18.4 Å². The van der Waals surface area contributed by atoms with Crippen LogP contribution in [0.1, 0.15) is 6.92 Å². The van der Waals surface area contributed by atoms with Crippen LogP contribution >= 0.6 is 11.8 Å². The number of fused-ring (bicyclic) bond motifs is 1. The molecule has 0 saturated carbocycles. The number of amides is 1. The molecule has 0 unspecified atom stereocenters. The summed E-state index contributed by atoms with van der Waals surface area (Å²) in [7, 11) is 0. The van der Waals surface area contributed by atoms with Gasteiger partial charge in [0, 0.05) is 30.2 Å². The zero-order chi connectivity index (χ0) is 18.1. The fraction of sp³-hybridized carbons (Fsp3) is 0.353. The van der Waals surface area contributed by atoms with Crippen LogP contribution in [-0.2, 0) is 11.3 Å². The molecule has 2 aromatic heterocycles. The van der Waals surface area contributed by atoms with Gasteiger partial charge in [-0.2, -0.15) is 0 Å². The summed E-state index contributed by atoms with van der Waals surface area (Å²) < 4.78 is 1.74. The van der Waals surface area contributed by atoms with Gasteiger partial charge in [-0.1, -0.05) is 11.3 Å². The van der Waals surface area contributed by atoms with Gasteiger partial charge in [0.1, 0.15) is 6.33 Å². The minimum absolute atomic E-state index is 0.0296. The highest BCUT2D eigenvalue weighted by Crippen LogP contribution is 2.28. The molecule has 1 aliphatic heterocycles. The van der Waals surface area contributed by atoms with Crippen LogP contribution in [0.15, 0.2) is 35.5 Å². The number of nitrogens with one attached hydrogen (secondary N) is 1. The molecule has 3 heterocycles. The van der Waals surface area contributed by atoms with E-state index in [1.807, 2.05) is 42.3 Å². The average Bonchev–Trinajstić information content (AvgIpc) is 3.04. The Balaban J connectivity index is 1.44. The highest BCUT2D eigenvalue weighted by molar-refractivity contribution is 7.98. The Kier molecular flexibility index (Phi) is 4.46. The highest BCUT2D eigenvalue weighted by Gasteiger charge is 2.35. The molecule has 0 bridgehead atoms. The van der Waals surface area contributed by atoms with Crippen LogP contribution in [0.5, 0.6) is 0 Å². The van der Waals surface area contributed by atoms with Crippen molar-refractivity contribution < 1.29 is 4.79 Å². The molecule has 1 N–H and O–H groups in total. The van der Waals surface area contributed by atoms with E-state index in [4.69, 9.17) is 0 Å². The van der Waals surface area contributed by atoms with E-state index in [0.717, 1.165) is 22.0 Å². The molecule has 9 heteroatoms. The van der Waals surface area contributed by atoms with Crippen LogP contribution < -0.4 is 10.2 Å². The molecule has 1 aliphatic rings. The maximum absolute atomic E-state index is 12.5. The van der Waals surface area contributed by atoms with Crippen molar-refractivity contribution in [1.29, 1.82) is 0 Å². The van der Waals surface area contributed by atoms with Gasteiger partial charge in [0.25, 0.3) is 0 Å². The molecule has 1 fully saturated rings. The van der Waals surface area contributed by atoms with Crippen molar-refractivity contribution in [2.75, 3.05) is 29.6 Å². The zero-order valence-corrected chi connectivity index (χ0v) is 15.4. The number of hydrogen-bond donors (Lipinski definition) is 1. The van der Waals surface area contributed by atoms with Gasteiger partial charge >= 0.3 is 0 Å². The third-order valence-corrected chi connectivity index (χ3v) is 5.19. The van der Waals surface area contributed by atoms with Gasteiger partial charge < -0.3 is 10.2 Å². The minimum atomic E-state index is -0.0702. The molecule has 0 spiro atoms. The molecule has 134 valence electrons. The van der Waals surface area contributed by atoms with Gasteiger partial charge in [-0.3, -0.25) is 4.79 Å². The zero-order valence-electron chi connectivity index (χ0n) is 14.6. The second-order valence-corrected chi connectivity index (χ2v) is 6.98. The highest BCUT2D eigenvalue weighted by atomic mass is 32.2. The van der Waals surface area contributed by atoms with E-state index in [1.54, 1.807) is 16.4 Å². The van der Waals surface area contributed by atoms with Crippen molar-refractivity contribution in [3.05, 3.63) is 30.6 Å². The number of carbonyl (C=O) groups excluding carboxylic acids is 1. The third-order valence-electron chi connectivity index (χ3n) is 4.47. The lowest BCUT2D eigenvalue weighted by Gasteiger charge is -2.38. The molecular formula is C17H19N7OS. The second-order valence-electron chi connectivity index (χ2n) is 6.10. The first-order chi connectivity index (χ1) is 12.7. The molecule has 1 amide bonds. The first-order valence-electron chi connectivity index (χ1n) is 8.43. The van der Waals surface area contributed by atoms with Crippen LogP contribution in [0, 0.1) is 5.92 Å². The number of anilines is 2. The summed E-state index contributed by atoms with van der Waals surface area (Å²) in [6.45, 7) is 3.91. The number of aryl methyl sites for hydroxylation is 1. The molecule has 1 saturated heterocycles. The van der Waals surface area contributed by atoms with E-state index in [1.165, 1.54) is 6.33 Å². The normalized spacial score (nSPS) is 14.5. The number of thioether (sulfide) groups is 1. The predicted octanol–water partition coefficient (Wildman–Crippen LogP) is 2.04. The van der Waals surface area contributed by atoms with E-state index in [-0.39, 0.29) is 11.8 Å². The van der Waals surface area contributed by atoms with Crippen molar-refractivity contribution >= 4 is 40.3 Å². The molecule has 8 nitrogen and oxygen atoms in total. The molecular weight excluding hydrogens is 350 g/mol. The van der Waals surface area contributed by atoms with Gasteiger partial charge in [0.05, 0.1) is 5.92 Å². The van der Waals surface area contributed by atoms with Crippen LogP contribution in [0.4, 0.5) is 11.5 Å². The lowest BCUT2D eigenvalue weighted by atomic mass is 9.99. The summed E-state index contributed by atoms with van der Waals surface area (Å²) in [5.74, 6) is 0.698. The van der Waals surface area contributed by atoms with Crippen molar-refractivity contribution in [3.63, 3.8) is 0 Å². The van der Waals surface area contributed by atoms with Gasteiger partial charge in [0.15, 0.2) is 17.0 Å². The summed E-state index contributed by atoms with van der Waals surface area (Å²) in [4.78, 5) is 24.2. The van der Waals surface area contributed by atoms with Crippen molar-refractivity contribution in [1.82, 2.24) is 25.0 Å². The minimum Gasteiger partial charge on any atom is -0.353 e. The molecule has 4 rings (SSSR count). The lowest BCUT2D eigenvalue weighted by molar-refractivity contribution is -0.120. The Hall–Kier alpha value is -2.68. The Labute approximate surface area is 155 Å². The number of nitrogens with zero attached hydrogens (tertiary/aromatic N) is 6. The maximum Gasteiger partial charge on any atom is 0.231 e. The standard InChI is InChI=1S/C17H19N7OS/c1-3-24-16-14(21-22-24)15(18-10-19-16)23-8-11(9-23)17(25)20-12-5-4-6-13(7-12)26-2/h4-7,10-11H,3,8-9H2,1-2H3,(H,20,25). The van der Waals surface area contributed by atoms with Crippen molar-refractivity contribution in [2.24, 2.45) is 5.92 Å². The Morgan fingerprint density at radius 3 is 2.96 bits per heavy atom. The van der Waals surface area contributed by atoms with Gasteiger partial charge in [-0.05, 0) is 31.4 Å². The molecule has 0 radical (unpaired) electrons. The first-order valence-corrected chi connectivity index (χ1v) is 9.66. The third kappa shape index (κ3) is 2.98. The summed E-state index contributed by atoms with van der Waals surface area (Å²) in [6, 6.07) is 7.86. The fourth-order valence-electron chi connectivity index (χ4n) is 2.99. The summed E-state index contributed by atoms with van der Waals surface area (Å²) >= 11 is 1.65. The summed E-state index contributed by atoms with van der Waals surface area (Å²) in [6.07, 6.45) is 3.54. The molecule has 0 atom stereocenters. The maximum atomic E-state index is 12.5. The second kappa shape index (κ2) is 6.91. The number of carbonyl (C=O) groups is 1. The molecule has 0 aliphatic carbocycles. The lowest BCUT2D eigenvalue weighted by Crippen LogP contribution is -2.52. The average molecular weight is 369 g/mol. The van der Waals surface area contributed by atoms with E-state index < -0.39 is 0 Å². The quantitative estimate of drug-likeness (QED) is 0.688. The molecule has 3 aromatic rings. The SMILES string of the molecule is CCn1nnc2c(N3CC(C(=O)Nc4cccc(SC)c4)C3)ncnc21. The number of benzene rings is 1. The van der Waals surface area contributed by atoms with Crippen LogP contribution in [-0.4, -0.2) is 50.2 Å². The number of rotatable bonds is 5. The topological polar surface area (TPSA) is 88.8 Å². The molecule has 1 aromatic carbocycles. The predicted molar refractivity (Wildman–Crippen MR) is 101 cm³/mol. The van der Waals surface area contributed by atoms with Gasteiger partial charge in [-0.25, -0.2) is 14.6 Å². The Morgan fingerprint density at radius 1 is 1.35 bits per heavy atom. The number of hydrogen-bond acceptors (Lipinski definition) is 7. The monoisotopic (exact) mass is 369 g/mol. The van der Waals surface area contributed by atoms with E-state index in [0.29, 0.717) is 25.2 Å². The van der Waals surface area contributed by atoms with E-state index in [2.05, 4.69) is 25.6 Å².